The van der Waals surface area contributed by atoms with E-state index in [4.69, 9.17) is 4.74 Å². The average molecular weight is 278 g/mol. The van der Waals surface area contributed by atoms with Crippen LogP contribution in [0.2, 0.25) is 0 Å². The van der Waals surface area contributed by atoms with Gasteiger partial charge in [-0.2, -0.15) is 0 Å². The maximum atomic E-state index is 5.18. The Morgan fingerprint density at radius 1 is 1.45 bits per heavy atom. The van der Waals surface area contributed by atoms with Crippen LogP contribution in [0.15, 0.2) is 6.07 Å². The summed E-state index contributed by atoms with van der Waals surface area (Å²) >= 11 is 0. The Labute approximate surface area is 121 Å². The lowest BCUT2D eigenvalue weighted by atomic mass is 10.0. The van der Waals surface area contributed by atoms with Gasteiger partial charge in [-0.25, -0.2) is 9.97 Å². The molecular formula is C15H26N4O. The lowest BCUT2D eigenvalue weighted by molar-refractivity contribution is 0.178. The predicted octanol–water partition coefficient (Wildman–Crippen LogP) is 2.68. The van der Waals surface area contributed by atoms with E-state index in [1.165, 1.54) is 12.8 Å². The van der Waals surface area contributed by atoms with E-state index in [2.05, 4.69) is 47.0 Å². The van der Waals surface area contributed by atoms with Crippen molar-refractivity contribution in [3.63, 3.8) is 0 Å². The van der Waals surface area contributed by atoms with Gasteiger partial charge in [0.05, 0.1) is 0 Å². The number of nitrogens with one attached hydrogen (secondary N) is 1. The molecule has 112 valence electrons. The van der Waals surface area contributed by atoms with Gasteiger partial charge in [-0.3, -0.25) is 0 Å². The van der Waals surface area contributed by atoms with Gasteiger partial charge in [0.15, 0.2) is 5.82 Å². The van der Waals surface area contributed by atoms with Crippen molar-refractivity contribution >= 4 is 11.6 Å². The molecule has 1 aliphatic rings. The molecule has 0 radical (unpaired) electrons. The third kappa shape index (κ3) is 3.39. The van der Waals surface area contributed by atoms with Crippen molar-refractivity contribution in [1.82, 2.24) is 9.97 Å². The van der Waals surface area contributed by atoms with E-state index in [1.54, 1.807) is 7.11 Å². The summed E-state index contributed by atoms with van der Waals surface area (Å²) in [5.74, 6) is 3.30. The minimum Gasteiger partial charge on any atom is -0.377 e. The van der Waals surface area contributed by atoms with Gasteiger partial charge in [0.1, 0.15) is 18.2 Å². The van der Waals surface area contributed by atoms with Crippen LogP contribution in [0, 0.1) is 5.92 Å². The lowest BCUT2D eigenvalue weighted by Crippen LogP contribution is -2.34. The fraction of sp³-hybridized carbons (Fsp3) is 0.733. The minimum absolute atomic E-state index is 0.451. The summed E-state index contributed by atoms with van der Waals surface area (Å²) < 4.78 is 5.18. The first kappa shape index (κ1) is 15.0. The number of nitrogens with zero attached hydrogens (tertiary/aromatic N) is 3. The molecule has 1 aromatic heterocycles. The summed E-state index contributed by atoms with van der Waals surface area (Å²) in [6.07, 6.45) is 2.49. The van der Waals surface area contributed by atoms with Crippen LogP contribution in [-0.2, 0) is 11.3 Å². The van der Waals surface area contributed by atoms with Crippen LogP contribution < -0.4 is 10.2 Å². The molecule has 1 unspecified atom stereocenters. The molecule has 2 heterocycles. The van der Waals surface area contributed by atoms with E-state index < -0.39 is 0 Å². The van der Waals surface area contributed by atoms with Gasteiger partial charge < -0.3 is 15.0 Å². The van der Waals surface area contributed by atoms with E-state index in [1.807, 2.05) is 0 Å². The smallest absolute Gasteiger partial charge is 0.158 e. The van der Waals surface area contributed by atoms with Crippen LogP contribution in [0.4, 0.5) is 11.6 Å². The zero-order valence-corrected chi connectivity index (χ0v) is 13.0. The molecule has 0 aliphatic carbocycles. The Hall–Kier alpha value is -1.36. The fourth-order valence-electron chi connectivity index (χ4n) is 2.87. The highest BCUT2D eigenvalue weighted by molar-refractivity contribution is 5.50. The second kappa shape index (κ2) is 6.88. The first-order valence-electron chi connectivity index (χ1n) is 7.53. The van der Waals surface area contributed by atoms with Gasteiger partial charge in [-0.1, -0.05) is 13.8 Å². The van der Waals surface area contributed by atoms with Crippen molar-refractivity contribution in [3.05, 3.63) is 11.9 Å². The van der Waals surface area contributed by atoms with Crippen molar-refractivity contribution in [2.45, 2.75) is 46.3 Å². The van der Waals surface area contributed by atoms with E-state index in [-0.39, 0.29) is 0 Å². The van der Waals surface area contributed by atoms with Crippen LogP contribution in [0.25, 0.3) is 0 Å². The Kier molecular flexibility index (Phi) is 5.17. The van der Waals surface area contributed by atoms with Gasteiger partial charge in [-0.05, 0) is 25.7 Å². The van der Waals surface area contributed by atoms with Crippen molar-refractivity contribution in [2.24, 2.45) is 5.92 Å². The molecule has 1 saturated heterocycles. The highest BCUT2D eigenvalue weighted by atomic mass is 16.5. The molecule has 1 N–H and O–H groups in total. The zero-order valence-electron chi connectivity index (χ0n) is 13.0. The van der Waals surface area contributed by atoms with Crippen molar-refractivity contribution < 1.29 is 4.74 Å². The van der Waals surface area contributed by atoms with Gasteiger partial charge in [0.25, 0.3) is 0 Å². The number of hydrogen-bond donors (Lipinski definition) is 1. The highest BCUT2D eigenvalue weighted by Gasteiger charge is 2.28. The molecule has 0 bridgehead atoms. The van der Waals surface area contributed by atoms with Gasteiger partial charge >= 0.3 is 0 Å². The van der Waals surface area contributed by atoms with Crippen LogP contribution in [0.5, 0.6) is 0 Å². The number of ether oxygens (including phenoxy) is 1. The van der Waals surface area contributed by atoms with Crippen molar-refractivity contribution in [3.8, 4) is 0 Å². The Bertz CT molecular complexity index is 412. The van der Waals surface area contributed by atoms with Crippen LogP contribution >= 0.6 is 0 Å². The number of methoxy groups -OCH3 is 1. The van der Waals surface area contributed by atoms with E-state index >= 15 is 0 Å². The molecule has 5 heteroatoms. The number of hydrogen-bond acceptors (Lipinski definition) is 5. The quantitative estimate of drug-likeness (QED) is 0.867. The predicted molar refractivity (Wildman–Crippen MR) is 82.1 cm³/mol. The van der Waals surface area contributed by atoms with Crippen molar-refractivity contribution in [2.75, 3.05) is 30.4 Å². The minimum atomic E-state index is 0.451. The van der Waals surface area contributed by atoms with Crippen LogP contribution in [0.3, 0.4) is 0 Å². The van der Waals surface area contributed by atoms with Gasteiger partial charge in [0, 0.05) is 32.3 Å². The summed E-state index contributed by atoms with van der Waals surface area (Å²) in [4.78, 5) is 11.6. The SMILES string of the molecule is CCNc1cc(N2CCCC2C(C)C)nc(COC)n1. The third-order valence-corrected chi connectivity index (χ3v) is 3.75. The molecule has 0 saturated carbocycles. The monoisotopic (exact) mass is 278 g/mol. The largest absolute Gasteiger partial charge is 0.377 e. The standard InChI is InChI=1S/C15H26N4O/c1-5-16-13-9-15(18-14(17-13)10-20-4)19-8-6-7-12(19)11(2)3/h9,11-12H,5-8,10H2,1-4H3,(H,16,17,18). The van der Waals surface area contributed by atoms with E-state index in [0.29, 0.717) is 18.6 Å². The summed E-state index contributed by atoms with van der Waals surface area (Å²) in [7, 11) is 1.68. The number of aromatic nitrogens is 2. The Morgan fingerprint density at radius 3 is 2.90 bits per heavy atom. The second-order valence-electron chi connectivity index (χ2n) is 5.64. The number of anilines is 2. The molecule has 1 aromatic rings. The molecule has 1 fully saturated rings. The molecule has 2 rings (SSSR count). The summed E-state index contributed by atoms with van der Waals surface area (Å²) in [6.45, 7) is 9.03. The first-order valence-corrected chi connectivity index (χ1v) is 7.53. The summed E-state index contributed by atoms with van der Waals surface area (Å²) in [6, 6.07) is 2.64. The molecule has 0 spiro atoms. The third-order valence-electron chi connectivity index (χ3n) is 3.75. The molecule has 20 heavy (non-hydrogen) atoms. The van der Waals surface area contributed by atoms with Crippen molar-refractivity contribution in [1.29, 1.82) is 0 Å². The number of rotatable bonds is 6. The second-order valence-corrected chi connectivity index (χ2v) is 5.64. The topological polar surface area (TPSA) is 50.3 Å². The normalized spacial score (nSPS) is 18.9. The Balaban J connectivity index is 2.29. The van der Waals surface area contributed by atoms with E-state index in [0.717, 1.165) is 30.5 Å². The fourth-order valence-corrected chi connectivity index (χ4v) is 2.87. The highest BCUT2D eigenvalue weighted by Crippen LogP contribution is 2.29. The molecule has 0 aromatic carbocycles. The maximum Gasteiger partial charge on any atom is 0.158 e. The van der Waals surface area contributed by atoms with Crippen LogP contribution in [0.1, 0.15) is 39.4 Å². The van der Waals surface area contributed by atoms with E-state index in [9.17, 15) is 0 Å². The van der Waals surface area contributed by atoms with Gasteiger partial charge in [-0.15, -0.1) is 0 Å². The summed E-state index contributed by atoms with van der Waals surface area (Å²) in [5.41, 5.74) is 0. The molecule has 1 aliphatic heterocycles. The molecular weight excluding hydrogens is 252 g/mol. The Morgan fingerprint density at radius 2 is 2.25 bits per heavy atom. The average Bonchev–Trinajstić information content (AvgIpc) is 2.88. The summed E-state index contributed by atoms with van der Waals surface area (Å²) in [5, 5.41) is 3.28. The van der Waals surface area contributed by atoms with Gasteiger partial charge in [0.2, 0.25) is 0 Å². The van der Waals surface area contributed by atoms with Crippen LogP contribution in [-0.4, -0.2) is 36.2 Å². The maximum absolute atomic E-state index is 5.18. The molecule has 1 atom stereocenters. The lowest BCUT2D eigenvalue weighted by Gasteiger charge is -2.29. The zero-order chi connectivity index (χ0) is 14.5. The molecule has 0 amide bonds. The first-order chi connectivity index (χ1) is 9.65. The molecule has 5 nitrogen and oxygen atoms in total.